The van der Waals surface area contributed by atoms with Crippen LogP contribution in [0, 0.1) is 5.92 Å². The first kappa shape index (κ1) is 16.7. The highest BCUT2D eigenvalue weighted by Gasteiger charge is 2.27. The highest BCUT2D eigenvalue weighted by Crippen LogP contribution is 2.31. The fourth-order valence-electron chi connectivity index (χ4n) is 2.50. The van der Waals surface area contributed by atoms with Crippen LogP contribution in [0.4, 0.5) is 5.69 Å². The zero-order valence-electron chi connectivity index (χ0n) is 13.5. The number of carbonyl (C=O) groups is 1. The smallest absolute Gasteiger partial charge is 0.331 e. The highest BCUT2D eigenvalue weighted by molar-refractivity contribution is 7.98. The summed E-state index contributed by atoms with van der Waals surface area (Å²) < 4.78 is 10.6. The van der Waals surface area contributed by atoms with Gasteiger partial charge in [0.1, 0.15) is 11.9 Å². The number of ether oxygens (including phenoxy) is 2. The Labute approximate surface area is 136 Å². The van der Waals surface area contributed by atoms with Gasteiger partial charge in [-0.1, -0.05) is 13.8 Å². The maximum Gasteiger partial charge on any atom is 0.331 e. The third kappa shape index (κ3) is 4.19. The van der Waals surface area contributed by atoms with Crippen LogP contribution in [0.3, 0.4) is 0 Å². The van der Waals surface area contributed by atoms with Gasteiger partial charge in [-0.25, -0.2) is 4.79 Å². The second-order valence-corrected chi connectivity index (χ2v) is 6.56. The van der Waals surface area contributed by atoms with Gasteiger partial charge in [-0.15, -0.1) is 11.8 Å². The highest BCUT2D eigenvalue weighted by atomic mass is 32.2. The molecule has 5 heteroatoms. The average Bonchev–Trinajstić information content (AvgIpc) is 2.93. The summed E-state index contributed by atoms with van der Waals surface area (Å²) in [4.78, 5) is 12.5. The van der Waals surface area contributed by atoms with Crippen molar-refractivity contribution in [2.45, 2.75) is 37.3 Å². The van der Waals surface area contributed by atoms with Crippen molar-refractivity contribution >= 4 is 23.4 Å². The Morgan fingerprint density at radius 3 is 2.73 bits per heavy atom. The van der Waals surface area contributed by atoms with Crippen LogP contribution in [-0.2, 0) is 9.53 Å². The minimum atomic E-state index is -0.264. The lowest BCUT2D eigenvalue weighted by atomic mass is 9.99. The molecule has 120 valence electrons. The molecule has 1 aliphatic rings. The summed E-state index contributed by atoms with van der Waals surface area (Å²) in [5.41, 5.74) is 1.04. The third-order valence-electron chi connectivity index (χ3n) is 3.55. The molecule has 0 bridgehead atoms. The first-order valence-corrected chi connectivity index (χ1v) is 8.63. The van der Waals surface area contributed by atoms with Crippen molar-refractivity contribution < 1.29 is 14.3 Å². The van der Waals surface area contributed by atoms with Crippen molar-refractivity contribution in [2.75, 3.05) is 18.7 Å². The minimum Gasteiger partial charge on any atom is -0.497 e. The molecule has 2 atom stereocenters. The molecule has 0 amide bonds. The van der Waals surface area contributed by atoms with Crippen LogP contribution in [0.1, 0.15) is 20.3 Å². The van der Waals surface area contributed by atoms with Gasteiger partial charge in [0.05, 0.1) is 13.2 Å². The SMILES string of the molecule is COc1ccc(N[C@H](CC(C)C)[C@H]2C=CC(=O)O2)c(SC)c1. The van der Waals surface area contributed by atoms with Gasteiger partial charge in [-0.2, -0.15) is 0 Å². The number of anilines is 1. The molecule has 1 N–H and O–H groups in total. The molecule has 1 aromatic carbocycles. The number of hydrogen-bond acceptors (Lipinski definition) is 5. The Bertz CT molecular complexity index is 557. The molecular weight excluding hydrogens is 298 g/mol. The largest absolute Gasteiger partial charge is 0.497 e. The molecule has 1 aliphatic heterocycles. The van der Waals surface area contributed by atoms with Crippen molar-refractivity contribution in [1.29, 1.82) is 0 Å². The van der Waals surface area contributed by atoms with Crippen LogP contribution >= 0.6 is 11.8 Å². The summed E-state index contributed by atoms with van der Waals surface area (Å²) in [5.74, 6) is 1.07. The number of methoxy groups -OCH3 is 1. The predicted octanol–water partition coefficient (Wildman–Crippen LogP) is 3.73. The van der Waals surface area contributed by atoms with Crippen LogP contribution in [-0.4, -0.2) is 31.5 Å². The van der Waals surface area contributed by atoms with E-state index >= 15 is 0 Å². The monoisotopic (exact) mass is 321 g/mol. The molecule has 0 radical (unpaired) electrons. The lowest BCUT2D eigenvalue weighted by molar-refractivity contribution is -0.139. The zero-order valence-corrected chi connectivity index (χ0v) is 14.3. The van der Waals surface area contributed by atoms with E-state index in [0.717, 1.165) is 22.8 Å². The molecule has 0 unspecified atom stereocenters. The number of carbonyl (C=O) groups excluding carboxylic acids is 1. The first-order chi connectivity index (χ1) is 10.5. The normalized spacial score (nSPS) is 18.4. The van der Waals surface area contributed by atoms with Gasteiger partial charge < -0.3 is 14.8 Å². The standard InChI is InChI=1S/C17H23NO3S/c1-11(2)9-14(15-7-8-17(19)21-15)18-13-6-5-12(20-3)10-16(13)22-4/h5-8,10-11,14-15,18H,9H2,1-4H3/t14-,15-/m1/s1. The first-order valence-electron chi connectivity index (χ1n) is 7.41. The lowest BCUT2D eigenvalue weighted by Crippen LogP contribution is -2.34. The molecule has 1 heterocycles. The van der Waals surface area contributed by atoms with E-state index in [0.29, 0.717) is 5.92 Å². The van der Waals surface area contributed by atoms with Gasteiger partial charge in [-0.3, -0.25) is 0 Å². The molecule has 0 fully saturated rings. The van der Waals surface area contributed by atoms with E-state index in [-0.39, 0.29) is 18.1 Å². The summed E-state index contributed by atoms with van der Waals surface area (Å²) in [6.07, 6.45) is 6.08. The van der Waals surface area contributed by atoms with Gasteiger partial charge in [-0.05, 0) is 42.9 Å². The number of rotatable bonds is 7. The van der Waals surface area contributed by atoms with E-state index in [1.165, 1.54) is 6.08 Å². The molecule has 0 saturated heterocycles. The number of thioether (sulfide) groups is 1. The second-order valence-electron chi connectivity index (χ2n) is 5.71. The number of benzene rings is 1. The quantitative estimate of drug-likeness (QED) is 0.612. The van der Waals surface area contributed by atoms with E-state index in [1.54, 1.807) is 18.9 Å². The van der Waals surface area contributed by atoms with E-state index in [4.69, 9.17) is 9.47 Å². The Hall–Kier alpha value is -1.62. The molecule has 2 rings (SSSR count). The van der Waals surface area contributed by atoms with Crippen LogP contribution in [0.15, 0.2) is 35.2 Å². The molecule has 22 heavy (non-hydrogen) atoms. The Balaban J connectivity index is 2.19. The summed E-state index contributed by atoms with van der Waals surface area (Å²) in [5, 5.41) is 3.54. The molecule has 0 spiro atoms. The molecule has 0 saturated carbocycles. The van der Waals surface area contributed by atoms with Crippen LogP contribution in [0.2, 0.25) is 0 Å². The van der Waals surface area contributed by atoms with Crippen molar-refractivity contribution in [3.05, 3.63) is 30.4 Å². The summed E-state index contributed by atoms with van der Waals surface area (Å²) in [6, 6.07) is 6.02. The molecule has 0 aromatic heterocycles. The van der Waals surface area contributed by atoms with Crippen LogP contribution < -0.4 is 10.1 Å². The summed E-state index contributed by atoms with van der Waals surface area (Å²) in [7, 11) is 1.66. The van der Waals surface area contributed by atoms with E-state index in [9.17, 15) is 4.79 Å². The zero-order chi connectivity index (χ0) is 16.1. The van der Waals surface area contributed by atoms with Crippen molar-refractivity contribution in [2.24, 2.45) is 5.92 Å². The number of cyclic esters (lactones) is 1. The number of hydrogen-bond donors (Lipinski definition) is 1. The van der Waals surface area contributed by atoms with Crippen molar-refractivity contribution in [3.63, 3.8) is 0 Å². The Morgan fingerprint density at radius 2 is 2.18 bits per heavy atom. The van der Waals surface area contributed by atoms with Gasteiger partial charge in [0.2, 0.25) is 0 Å². The molecule has 4 nitrogen and oxygen atoms in total. The average molecular weight is 321 g/mol. The Kier molecular flexibility index (Phi) is 5.77. The van der Waals surface area contributed by atoms with Gasteiger partial charge >= 0.3 is 5.97 Å². The lowest BCUT2D eigenvalue weighted by Gasteiger charge is -2.26. The van der Waals surface area contributed by atoms with Crippen molar-refractivity contribution in [1.82, 2.24) is 0 Å². The number of esters is 1. The predicted molar refractivity (Wildman–Crippen MR) is 90.7 cm³/mol. The minimum absolute atomic E-state index is 0.0574. The van der Waals surface area contributed by atoms with Crippen molar-refractivity contribution in [3.8, 4) is 5.75 Å². The van der Waals surface area contributed by atoms with Gasteiger partial charge in [0.25, 0.3) is 0 Å². The number of nitrogens with one attached hydrogen (secondary N) is 1. The molecule has 1 aromatic rings. The van der Waals surface area contributed by atoms with Crippen LogP contribution in [0.5, 0.6) is 5.75 Å². The summed E-state index contributed by atoms with van der Waals surface area (Å²) >= 11 is 1.66. The summed E-state index contributed by atoms with van der Waals surface area (Å²) in [6.45, 7) is 4.33. The molecular formula is C17H23NO3S. The van der Waals surface area contributed by atoms with E-state index < -0.39 is 0 Å². The second kappa shape index (κ2) is 7.58. The molecule has 0 aliphatic carbocycles. The third-order valence-corrected chi connectivity index (χ3v) is 4.32. The fourth-order valence-corrected chi connectivity index (χ4v) is 3.08. The topological polar surface area (TPSA) is 47.6 Å². The van der Waals surface area contributed by atoms with Crippen LogP contribution in [0.25, 0.3) is 0 Å². The fraction of sp³-hybridized carbons (Fsp3) is 0.471. The maximum absolute atomic E-state index is 11.3. The Morgan fingerprint density at radius 1 is 1.41 bits per heavy atom. The van der Waals surface area contributed by atoms with E-state index in [2.05, 4.69) is 19.2 Å². The van der Waals surface area contributed by atoms with E-state index in [1.807, 2.05) is 30.5 Å². The maximum atomic E-state index is 11.3. The van der Waals surface area contributed by atoms with Gasteiger partial charge in [0.15, 0.2) is 0 Å². The van der Waals surface area contributed by atoms with Gasteiger partial charge in [0, 0.05) is 16.7 Å².